The largest absolute Gasteiger partial charge is 0.381 e. The quantitative estimate of drug-likeness (QED) is 0.647. The molecule has 1 unspecified atom stereocenters. The summed E-state index contributed by atoms with van der Waals surface area (Å²) in [7, 11) is 0. The highest BCUT2D eigenvalue weighted by Crippen LogP contribution is 2.05. The van der Waals surface area contributed by atoms with Gasteiger partial charge in [-0.15, -0.1) is 0 Å². The summed E-state index contributed by atoms with van der Waals surface area (Å²) in [6, 6.07) is 9.29. The Morgan fingerprint density at radius 1 is 1.20 bits per heavy atom. The SMILES string of the molecule is CCCCOCCCNC(C)C(=O)Nc1ccccc1. The molecule has 4 nitrogen and oxygen atoms in total. The highest BCUT2D eigenvalue weighted by molar-refractivity contribution is 5.94. The van der Waals surface area contributed by atoms with Crippen molar-refractivity contribution < 1.29 is 9.53 Å². The molecule has 0 aromatic heterocycles. The summed E-state index contributed by atoms with van der Waals surface area (Å²) < 4.78 is 5.47. The Kier molecular flexibility index (Phi) is 8.67. The number of unbranched alkanes of at least 4 members (excludes halogenated alkanes) is 1. The van der Waals surface area contributed by atoms with Gasteiger partial charge in [-0.25, -0.2) is 0 Å². The molecule has 1 atom stereocenters. The first-order valence-electron chi connectivity index (χ1n) is 7.41. The summed E-state index contributed by atoms with van der Waals surface area (Å²) in [6.45, 7) is 6.39. The fraction of sp³-hybridized carbons (Fsp3) is 0.562. The van der Waals surface area contributed by atoms with Crippen molar-refractivity contribution in [3.8, 4) is 0 Å². The number of carbonyl (C=O) groups excluding carboxylic acids is 1. The Morgan fingerprint density at radius 3 is 2.60 bits per heavy atom. The number of amides is 1. The fourth-order valence-electron chi connectivity index (χ4n) is 1.71. The molecule has 0 aliphatic carbocycles. The first-order chi connectivity index (χ1) is 9.74. The van der Waals surface area contributed by atoms with E-state index in [0.717, 1.165) is 44.7 Å². The molecule has 1 aromatic carbocycles. The third-order valence-electron chi connectivity index (χ3n) is 2.99. The normalized spacial score (nSPS) is 12.1. The van der Waals surface area contributed by atoms with E-state index >= 15 is 0 Å². The van der Waals surface area contributed by atoms with E-state index in [0.29, 0.717) is 0 Å². The van der Waals surface area contributed by atoms with Crippen LogP contribution in [0.2, 0.25) is 0 Å². The third-order valence-corrected chi connectivity index (χ3v) is 2.99. The Labute approximate surface area is 121 Å². The van der Waals surface area contributed by atoms with Crippen molar-refractivity contribution >= 4 is 11.6 Å². The zero-order valence-corrected chi connectivity index (χ0v) is 12.5. The lowest BCUT2D eigenvalue weighted by molar-refractivity contribution is -0.117. The monoisotopic (exact) mass is 278 g/mol. The van der Waals surface area contributed by atoms with E-state index in [1.165, 1.54) is 0 Å². The molecule has 1 rings (SSSR count). The molecule has 0 aliphatic rings. The van der Waals surface area contributed by atoms with Crippen LogP contribution < -0.4 is 10.6 Å². The number of anilines is 1. The van der Waals surface area contributed by atoms with E-state index in [1.807, 2.05) is 37.3 Å². The van der Waals surface area contributed by atoms with E-state index in [9.17, 15) is 4.79 Å². The number of nitrogens with one attached hydrogen (secondary N) is 2. The van der Waals surface area contributed by atoms with Crippen LogP contribution in [0.4, 0.5) is 5.69 Å². The summed E-state index contributed by atoms with van der Waals surface area (Å²) in [5.41, 5.74) is 0.828. The average Bonchev–Trinajstić information content (AvgIpc) is 2.47. The molecular formula is C16H26N2O2. The number of rotatable bonds is 10. The molecule has 0 heterocycles. The van der Waals surface area contributed by atoms with Crippen LogP contribution in [0.3, 0.4) is 0 Å². The van der Waals surface area contributed by atoms with Gasteiger partial charge < -0.3 is 15.4 Å². The standard InChI is InChI=1S/C16H26N2O2/c1-3-4-12-20-13-8-11-17-14(2)16(19)18-15-9-6-5-7-10-15/h5-7,9-10,14,17H,3-4,8,11-13H2,1-2H3,(H,18,19). The number of carbonyl (C=O) groups is 1. The second kappa shape index (κ2) is 10.4. The lowest BCUT2D eigenvalue weighted by atomic mass is 10.2. The van der Waals surface area contributed by atoms with E-state index in [1.54, 1.807) is 0 Å². The Morgan fingerprint density at radius 2 is 1.90 bits per heavy atom. The Balaban J connectivity index is 2.10. The van der Waals surface area contributed by atoms with Crippen LogP contribution in [0.15, 0.2) is 30.3 Å². The molecule has 0 fully saturated rings. The van der Waals surface area contributed by atoms with Gasteiger partial charge in [0, 0.05) is 18.9 Å². The van der Waals surface area contributed by atoms with Crippen LogP contribution in [0, 0.1) is 0 Å². The lowest BCUT2D eigenvalue weighted by Gasteiger charge is -2.14. The molecule has 0 aliphatic heterocycles. The van der Waals surface area contributed by atoms with Gasteiger partial charge in [-0.2, -0.15) is 0 Å². The van der Waals surface area contributed by atoms with Crippen molar-refractivity contribution in [1.29, 1.82) is 0 Å². The maximum atomic E-state index is 11.9. The fourth-order valence-corrected chi connectivity index (χ4v) is 1.71. The predicted molar refractivity (Wildman–Crippen MR) is 82.9 cm³/mol. The summed E-state index contributed by atoms with van der Waals surface area (Å²) >= 11 is 0. The molecular weight excluding hydrogens is 252 g/mol. The van der Waals surface area contributed by atoms with E-state index < -0.39 is 0 Å². The minimum atomic E-state index is -0.203. The molecule has 2 N–H and O–H groups in total. The maximum absolute atomic E-state index is 11.9. The number of para-hydroxylation sites is 1. The Bertz CT molecular complexity index is 368. The second-order valence-electron chi connectivity index (χ2n) is 4.85. The number of hydrogen-bond acceptors (Lipinski definition) is 3. The smallest absolute Gasteiger partial charge is 0.241 e. The zero-order valence-electron chi connectivity index (χ0n) is 12.5. The van der Waals surface area contributed by atoms with Crippen LogP contribution in [-0.2, 0) is 9.53 Å². The van der Waals surface area contributed by atoms with Crippen LogP contribution >= 0.6 is 0 Å². The van der Waals surface area contributed by atoms with Gasteiger partial charge in [0.05, 0.1) is 6.04 Å². The van der Waals surface area contributed by atoms with Gasteiger partial charge in [-0.1, -0.05) is 31.5 Å². The van der Waals surface area contributed by atoms with Gasteiger partial charge in [-0.05, 0) is 38.4 Å². The molecule has 0 bridgehead atoms. The van der Waals surface area contributed by atoms with Crippen LogP contribution in [0.25, 0.3) is 0 Å². The number of ether oxygens (including phenoxy) is 1. The van der Waals surface area contributed by atoms with Crippen molar-refractivity contribution in [1.82, 2.24) is 5.32 Å². The summed E-state index contributed by atoms with van der Waals surface area (Å²) in [6.07, 6.45) is 3.20. The van der Waals surface area contributed by atoms with Crippen molar-refractivity contribution in [2.45, 2.75) is 39.2 Å². The highest BCUT2D eigenvalue weighted by Gasteiger charge is 2.11. The van der Waals surface area contributed by atoms with E-state index in [-0.39, 0.29) is 11.9 Å². The van der Waals surface area contributed by atoms with Crippen molar-refractivity contribution in [2.75, 3.05) is 25.1 Å². The minimum Gasteiger partial charge on any atom is -0.381 e. The van der Waals surface area contributed by atoms with Crippen LogP contribution in [-0.4, -0.2) is 31.7 Å². The van der Waals surface area contributed by atoms with E-state index in [4.69, 9.17) is 4.74 Å². The lowest BCUT2D eigenvalue weighted by Crippen LogP contribution is -2.38. The molecule has 1 amide bonds. The van der Waals surface area contributed by atoms with Crippen molar-refractivity contribution in [3.63, 3.8) is 0 Å². The maximum Gasteiger partial charge on any atom is 0.241 e. The molecule has 20 heavy (non-hydrogen) atoms. The number of benzene rings is 1. The molecule has 0 saturated heterocycles. The zero-order chi connectivity index (χ0) is 14.6. The molecule has 112 valence electrons. The third kappa shape index (κ3) is 7.26. The first kappa shape index (κ1) is 16.7. The van der Waals surface area contributed by atoms with Gasteiger partial charge in [0.2, 0.25) is 5.91 Å². The molecule has 0 spiro atoms. The van der Waals surface area contributed by atoms with Gasteiger partial charge in [0.1, 0.15) is 0 Å². The van der Waals surface area contributed by atoms with Gasteiger partial charge in [0.15, 0.2) is 0 Å². The van der Waals surface area contributed by atoms with Gasteiger partial charge in [0.25, 0.3) is 0 Å². The summed E-state index contributed by atoms with van der Waals surface area (Å²) in [4.78, 5) is 11.9. The van der Waals surface area contributed by atoms with E-state index in [2.05, 4.69) is 17.6 Å². The van der Waals surface area contributed by atoms with Crippen LogP contribution in [0.1, 0.15) is 33.1 Å². The first-order valence-corrected chi connectivity index (χ1v) is 7.41. The topological polar surface area (TPSA) is 50.4 Å². The van der Waals surface area contributed by atoms with Gasteiger partial charge >= 0.3 is 0 Å². The molecule has 0 radical (unpaired) electrons. The molecule has 4 heteroatoms. The molecule has 1 aromatic rings. The average molecular weight is 278 g/mol. The predicted octanol–water partition coefficient (Wildman–Crippen LogP) is 2.81. The Hall–Kier alpha value is -1.39. The second-order valence-corrected chi connectivity index (χ2v) is 4.85. The minimum absolute atomic E-state index is 0.0110. The summed E-state index contributed by atoms with van der Waals surface area (Å²) in [5, 5.41) is 6.08. The van der Waals surface area contributed by atoms with Crippen molar-refractivity contribution in [2.24, 2.45) is 0 Å². The van der Waals surface area contributed by atoms with Gasteiger partial charge in [-0.3, -0.25) is 4.79 Å². The number of hydrogen-bond donors (Lipinski definition) is 2. The summed E-state index contributed by atoms with van der Waals surface area (Å²) in [5.74, 6) is -0.0110. The van der Waals surface area contributed by atoms with Crippen molar-refractivity contribution in [3.05, 3.63) is 30.3 Å². The molecule has 0 saturated carbocycles. The van der Waals surface area contributed by atoms with Crippen LogP contribution in [0.5, 0.6) is 0 Å². The highest BCUT2D eigenvalue weighted by atomic mass is 16.5.